The van der Waals surface area contributed by atoms with Crippen LogP contribution in [0.25, 0.3) is 10.9 Å². The van der Waals surface area contributed by atoms with Crippen LogP contribution in [-0.4, -0.2) is 33.5 Å². The van der Waals surface area contributed by atoms with Gasteiger partial charge in [-0.05, 0) is 104 Å². The molecule has 0 radical (unpaired) electrons. The van der Waals surface area contributed by atoms with Gasteiger partial charge in [0.2, 0.25) is 11.8 Å². The lowest BCUT2D eigenvalue weighted by molar-refractivity contribution is -0.159. The number of benzene rings is 1. The molecule has 6 heteroatoms. The summed E-state index contributed by atoms with van der Waals surface area (Å²) < 4.78 is 0. The van der Waals surface area contributed by atoms with Crippen molar-refractivity contribution in [1.82, 2.24) is 15.2 Å². The molecular weight excluding hydrogens is 508 g/mol. The number of rotatable bonds is 2. The van der Waals surface area contributed by atoms with E-state index in [0.717, 1.165) is 72.8 Å². The number of aromatic nitrogens is 1. The lowest BCUT2D eigenvalue weighted by Crippen LogP contribution is -2.59. The van der Waals surface area contributed by atoms with Crippen molar-refractivity contribution in [2.75, 3.05) is 0 Å². The monoisotopic (exact) mass is 548 g/mol. The number of hydrogen-bond acceptors (Lipinski definition) is 4. The predicted octanol–water partition coefficient (Wildman–Crippen LogP) is 6.47. The van der Waals surface area contributed by atoms with Gasteiger partial charge in [-0.25, -0.2) is 4.99 Å². The van der Waals surface area contributed by atoms with E-state index in [1.807, 2.05) is 12.3 Å². The number of likely N-dealkylation sites (tertiary alicyclic amines) is 1. The summed E-state index contributed by atoms with van der Waals surface area (Å²) in [5.74, 6) is 1.23. The van der Waals surface area contributed by atoms with Gasteiger partial charge in [0.25, 0.3) is 0 Å². The maximum Gasteiger partial charge on any atom is 0.236 e. The summed E-state index contributed by atoms with van der Waals surface area (Å²) in [6.45, 7) is 0.660. The molecule has 3 fully saturated rings. The number of hydrogen-bond donors (Lipinski definition) is 1. The Kier molecular flexibility index (Phi) is 5.81. The molecule has 0 bridgehead atoms. The van der Waals surface area contributed by atoms with Crippen LogP contribution in [0, 0.1) is 10.8 Å². The highest BCUT2D eigenvalue weighted by Crippen LogP contribution is 2.53. The van der Waals surface area contributed by atoms with Crippen LogP contribution in [-0.2, 0) is 29.0 Å². The molecule has 212 valence electrons. The number of allylic oxidation sites excluding steroid dienone is 2. The highest BCUT2D eigenvalue weighted by Gasteiger charge is 2.54. The average Bonchev–Trinajstić information content (AvgIpc) is 3.53. The van der Waals surface area contributed by atoms with Gasteiger partial charge in [-0.15, -0.1) is 0 Å². The highest BCUT2D eigenvalue weighted by atomic mass is 16.2. The van der Waals surface area contributed by atoms with E-state index in [0.29, 0.717) is 25.3 Å². The topological polar surface area (TPSA) is 74.7 Å². The van der Waals surface area contributed by atoms with Crippen molar-refractivity contribution in [2.45, 2.75) is 108 Å². The summed E-state index contributed by atoms with van der Waals surface area (Å²) >= 11 is 0. The van der Waals surface area contributed by atoms with Crippen molar-refractivity contribution in [1.29, 1.82) is 0 Å². The normalized spacial score (nSPS) is 28.0. The minimum absolute atomic E-state index is 0.0115. The Bertz CT molecular complexity index is 1540. The number of nitrogens with zero attached hydrogens (tertiary/aromatic N) is 3. The number of nitrogens with one attached hydrogen (secondary N) is 1. The van der Waals surface area contributed by atoms with Crippen LogP contribution in [0.1, 0.15) is 100 Å². The van der Waals surface area contributed by atoms with Crippen molar-refractivity contribution in [3.63, 3.8) is 0 Å². The van der Waals surface area contributed by atoms with Gasteiger partial charge in [0.15, 0.2) is 0 Å². The lowest BCUT2D eigenvalue weighted by Gasteiger charge is -2.53. The third kappa shape index (κ3) is 3.89. The maximum absolute atomic E-state index is 14.3. The van der Waals surface area contributed by atoms with Crippen molar-refractivity contribution in [2.24, 2.45) is 15.8 Å². The Labute approximate surface area is 242 Å². The molecule has 4 heterocycles. The number of piperidine rings is 1. The number of carbonyl (C=O) groups is 2. The second kappa shape index (κ2) is 9.37. The number of fused-ring (bicyclic) bond motifs is 3. The van der Waals surface area contributed by atoms with E-state index in [1.54, 1.807) is 6.21 Å². The molecule has 6 nitrogen and oxygen atoms in total. The molecule has 1 aromatic heterocycles. The molecule has 2 aromatic rings. The van der Waals surface area contributed by atoms with Gasteiger partial charge in [0, 0.05) is 35.3 Å². The quantitative estimate of drug-likeness (QED) is 0.468. The number of pyridine rings is 1. The standard InChI is InChI=1S/C35H40N4O2/c40-31-35(28-9-3-8-16-36-30(28)38-31)20-26-18-25-17-24(22-37-29(25)19-27(26)21-35)23-39-32(41)33(10-6-7-11-33)14-15-34(39)12-4-1-2-5-13-34/h3,8,16-19,22H,1-2,4-7,9-15,20-21,23H2,(H,38,40). The van der Waals surface area contributed by atoms with Gasteiger partial charge in [-0.3, -0.25) is 14.6 Å². The molecule has 1 unspecified atom stereocenters. The number of amides is 2. The van der Waals surface area contributed by atoms with Crippen molar-refractivity contribution in [3.8, 4) is 0 Å². The van der Waals surface area contributed by atoms with E-state index >= 15 is 0 Å². The summed E-state index contributed by atoms with van der Waals surface area (Å²) in [5.41, 5.74) is 5.00. The third-order valence-corrected chi connectivity index (χ3v) is 11.6. The molecule has 1 saturated heterocycles. The molecule has 3 spiro atoms. The van der Waals surface area contributed by atoms with Crippen LogP contribution in [0.4, 0.5) is 0 Å². The summed E-state index contributed by atoms with van der Waals surface area (Å²) in [5, 5.41) is 4.18. The van der Waals surface area contributed by atoms with Gasteiger partial charge >= 0.3 is 0 Å². The lowest BCUT2D eigenvalue weighted by atomic mass is 9.68. The minimum atomic E-state index is -0.550. The first-order chi connectivity index (χ1) is 20.0. The van der Waals surface area contributed by atoms with E-state index in [2.05, 4.69) is 39.5 Å². The van der Waals surface area contributed by atoms with Gasteiger partial charge < -0.3 is 10.2 Å². The molecular formula is C35H40N4O2. The van der Waals surface area contributed by atoms with Gasteiger partial charge in [-0.2, -0.15) is 0 Å². The summed E-state index contributed by atoms with van der Waals surface area (Å²) in [4.78, 5) is 39.4. The maximum atomic E-state index is 14.3. The molecule has 2 amide bonds. The highest BCUT2D eigenvalue weighted by molar-refractivity contribution is 5.94. The largest absolute Gasteiger partial charge is 0.332 e. The fourth-order valence-electron chi connectivity index (χ4n) is 9.31. The van der Waals surface area contributed by atoms with E-state index in [1.165, 1.54) is 49.7 Å². The Morgan fingerprint density at radius 3 is 2.41 bits per heavy atom. The number of carbonyl (C=O) groups excluding carboxylic acids is 2. The van der Waals surface area contributed by atoms with Crippen molar-refractivity contribution < 1.29 is 9.59 Å². The Hall–Kier alpha value is -3.28. The Morgan fingerprint density at radius 2 is 1.61 bits per heavy atom. The minimum Gasteiger partial charge on any atom is -0.332 e. The van der Waals surface area contributed by atoms with Crippen LogP contribution in [0.2, 0.25) is 0 Å². The second-order valence-electron chi connectivity index (χ2n) is 13.8. The molecule has 1 aromatic carbocycles. The van der Waals surface area contributed by atoms with Crippen LogP contribution < -0.4 is 5.32 Å². The smallest absolute Gasteiger partial charge is 0.236 e. The molecule has 3 aliphatic carbocycles. The fraction of sp³-hybridized carbons (Fsp3) is 0.543. The zero-order chi connectivity index (χ0) is 27.7. The van der Waals surface area contributed by atoms with Crippen molar-refractivity contribution >= 4 is 28.9 Å². The third-order valence-electron chi connectivity index (χ3n) is 11.6. The van der Waals surface area contributed by atoms with Crippen LogP contribution in [0.5, 0.6) is 0 Å². The summed E-state index contributed by atoms with van der Waals surface area (Å²) in [6.07, 6.45) is 24.0. The zero-order valence-electron chi connectivity index (χ0n) is 24.0. The fourth-order valence-corrected chi connectivity index (χ4v) is 9.31. The van der Waals surface area contributed by atoms with E-state index in [9.17, 15) is 9.59 Å². The first-order valence-corrected chi connectivity index (χ1v) is 16.0. The zero-order valence-corrected chi connectivity index (χ0v) is 24.0. The molecule has 3 aliphatic heterocycles. The second-order valence-corrected chi connectivity index (χ2v) is 13.8. The molecule has 6 aliphatic rings. The average molecular weight is 549 g/mol. The summed E-state index contributed by atoms with van der Waals surface area (Å²) in [7, 11) is 0. The van der Waals surface area contributed by atoms with Crippen LogP contribution in [0.3, 0.4) is 0 Å². The molecule has 1 N–H and O–H groups in total. The van der Waals surface area contributed by atoms with Gasteiger partial charge in [0.1, 0.15) is 5.82 Å². The van der Waals surface area contributed by atoms with Crippen molar-refractivity contribution in [3.05, 3.63) is 64.6 Å². The molecule has 2 saturated carbocycles. The van der Waals surface area contributed by atoms with E-state index < -0.39 is 5.41 Å². The Morgan fingerprint density at radius 1 is 0.854 bits per heavy atom. The van der Waals surface area contributed by atoms with Gasteiger partial charge in [-0.1, -0.05) is 44.6 Å². The molecule has 8 rings (SSSR count). The number of aliphatic imine (C=N–C) groups is 1. The first kappa shape index (κ1) is 25.4. The van der Waals surface area contributed by atoms with E-state index in [4.69, 9.17) is 4.98 Å². The SMILES string of the molecule is O=C1N(Cc2cnc3cc4c(cc3c2)CC2(C4)C(=O)NC3=C2CC=CC=N3)C2(CCCCCC2)CCC12CCCC2. The van der Waals surface area contributed by atoms with Crippen LogP contribution in [0.15, 0.2) is 52.9 Å². The van der Waals surface area contributed by atoms with E-state index in [-0.39, 0.29) is 16.9 Å². The van der Waals surface area contributed by atoms with Crippen LogP contribution >= 0.6 is 0 Å². The predicted molar refractivity (Wildman–Crippen MR) is 160 cm³/mol. The Balaban J connectivity index is 1.12. The summed E-state index contributed by atoms with van der Waals surface area (Å²) in [6, 6.07) is 6.71. The van der Waals surface area contributed by atoms with Gasteiger partial charge in [0.05, 0.1) is 10.9 Å². The molecule has 41 heavy (non-hydrogen) atoms. The molecule has 1 atom stereocenters. The first-order valence-electron chi connectivity index (χ1n) is 16.0.